The minimum Gasteiger partial charge on any atom is -0.348 e. The van der Waals surface area contributed by atoms with E-state index in [0.29, 0.717) is 6.54 Å². The number of nitrogens with one attached hydrogen (secondary N) is 1. The van der Waals surface area contributed by atoms with Crippen molar-refractivity contribution in [3.8, 4) is 11.1 Å². The Morgan fingerprint density at radius 3 is 2.17 bits per heavy atom. The molecule has 0 spiro atoms. The Morgan fingerprint density at radius 1 is 0.826 bits per heavy atom. The Labute approximate surface area is 136 Å². The number of rotatable bonds is 4. The monoisotopic (exact) mass is 301 g/mol. The molecule has 0 aliphatic carbocycles. The molecule has 0 atom stereocenters. The summed E-state index contributed by atoms with van der Waals surface area (Å²) in [6.45, 7) is 2.50. The van der Waals surface area contributed by atoms with Gasteiger partial charge in [-0.05, 0) is 35.2 Å². The third-order valence-electron chi connectivity index (χ3n) is 3.89. The highest BCUT2D eigenvalue weighted by Crippen LogP contribution is 2.22. The minimum absolute atomic E-state index is 0.0378. The summed E-state index contributed by atoms with van der Waals surface area (Å²) in [6.07, 6.45) is 0. The summed E-state index contributed by atoms with van der Waals surface area (Å²) in [5.74, 6) is -0.0378. The third-order valence-corrected chi connectivity index (χ3v) is 3.89. The highest BCUT2D eigenvalue weighted by Gasteiger charge is 2.10. The zero-order chi connectivity index (χ0) is 16.1. The number of hydrogen-bond acceptors (Lipinski definition) is 1. The van der Waals surface area contributed by atoms with Gasteiger partial charge in [-0.1, -0.05) is 72.8 Å². The van der Waals surface area contributed by atoms with Crippen molar-refractivity contribution in [3.63, 3.8) is 0 Å². The standard InChI is InChI=1S/C21H19NO/c1-16-12-13-19(18-10-6-3-7-11-18)14-20(16)21(23)22-15-17-8-4-2-5-9-17/h2-14H,15H2,1H3,(H,22,23). The van der Waals surface area contributed by atoms with E-state index in [-0.39, 0.29) is 5.91 Å². The fourth-order valence-corrected chi connectivity index (χ4v) is 2.55. The Morgan fingerprint density at radius 2 is 1.48 bits per heavy atom. The van der Waals surface area contributed by atoms with E-state index in [1.807, 2.05) is 67.6 Å². The molecule has 3 rings (SSSR count). The molecule has 0 saturated heterocycles. The SMILES string of the molecule is Cc1ccc(-c2ccccc2)cc1C(=O)NCc1ccccc1. The smallest absolute Gasteiger partial charge is 0.251 e. The summed E-state index contributed by atoms with van der Waals surface area (Å²) in [6, 6.07) is 26.1. The van der Waals surface area contributed by atoms with E-state index in [1.165, 1.54) is 0 Å². The highest BCUT2D eigenvalue weighted by molar-refractivity contribution is 5.96. The predicted molar refractivity (Wildman–Crippen MR) is 94.2 cm³/mol. The number of benzene rings is 3. The van der Waals surface area contributed by atoms with Crippen LogP contribution < -0.4 is 5.32 Å². The summed E-state index contributed by atoms with van der Waals surface area (Å²) in [4.78, 5) is 12.5. The molecular formula is C21H19NO. The van der Waals surface area contributed by atoms with E-state index < -0.39 is 0 Å². The molecule has 2 nitrogen and oxygen atoms in total. The Hall–Kier alpha value is -2.87. The van der Waals surface area contributed by atoms with Gasteiger partial charge in [0.1, 0.15) is 0 Å². The highest BCUT2D eigenvalue weighted by atomic mass is 16.1. The summed E-state index contributed by atoms with van der Waals surface area (Å²) in [5.41, 5.74) is 4.97. The van der Waals surface area contributed by atoms with Crippen LogP contribution in [0.2, 0.25) is 0 Å². The first kappa shape index (κ1) is 15.0. The second-order valence-corrected chi connectivity index (χ2v) is 5.56. The van der Waals surface area contributed by atoms with Gasteiger partial charge >= 0.3 is 0 Å². The molecule has 1 N–H and O–H groups in total. The van der Waals surface area contributed by atoms with E-state index in [2.05, 4.69) is 23.5 Å². The number of hydrogen-bond donors (Lipinski definition) is 1. The van der Waals surface area contributed by atoms with Crippen LogP contribution in [-0.4, -0.2) is 5.91 Å². The van der Waals surface area contributed by atoms with Gasteiger partial charge in [0.15, 0.2) is 0 Å². The Kier molecular flexibility index (Phi) is 4.53. The van der Waals surface area contributed by atoms with Crippen molar-refractivity contribution in [2.75, 3.05) is 0 Å². The van der Waals surface area contributed by atoms with Crippen molar-refractivity contribution in [2.45, 2.75) is 13.5 Å². The molecule has 0 bridgehead atoms. The first-order valence-electron chi connectivity index (χ1n) is 7.72. The molecule has 23 heavy (non-hydrogen) atoms. The molecule has 0 unspecified atom stereocenters. The maximum atomic E-state index is 12.5. The van der Waals surface area contributed by atoms with Crippen molar-refractivity contribution in [1.29, 1.82) is 0 Å². The summed E-state index contributed by atoms with van der Waals surface area (Å²) in [5, 5.41) is 3.00. The average molecular weight is 301 g/mol. The lowest BCUT2D eigenvalue weighted by Gasteiger charge is -2.10. The minimum atomic E-state index is -0.0378. The molecule has 0 radical (unpaired) electrons. The molecule has 3 aromatic rings. The largest absolute Gasteiger partial charge is 0.348 e. The average Bonchev–Trinajstić information content (AvgIpc) is 2.62. The second kappa shape index (κ2) is 6.93. The van der Waals surface area contributed by atoms with E-state index in [1.54, 1.807) is 0 Å². The van der Waals surface area contributed by atoms with Gasteiger partial charge in [0.05, 0.1) is 0 Å². The number of aryl methyl sites for hydroxylation is 1. The molecule has 0 saturated carbocycles. The van der Waals surface area contributed by atoms with Crippen LogP contribution in [-0.2, 0) is 6.54 Å². The van der Waals surface area contributed by atoms with Gasteiger partial charge in [-0.25, -0.2) is 0 Å². The lowest BCUT2D eigenvalue weighted by molar-refractivity contribution is 0.0950. The van der Waals surface area contributed by atoms with Crippen molar-refractivity contribution in [3.05, 3.63) is 95.6 Å². The molecule has 0 aliphatic rings. The Balaban J connectivity index is 1.80. The Bertz CT molecular complexity index is 795. The number of carbonyl (C=O) groups excluding carboxylic acids is 1. The van der Waals surface area contributed by atoms with Gasteiger partial charge in [0.25, 0.3) is 5.91 Å². The van der Waals surface area contributed by atoms with Crippen molar-refractivity contribution < 1.29 is 4.79 Å². The summed E-state index contributed by atoms with van der Waals surface area (Å²) < 4.78 is 0. The summed E-state index contributed by atoms with van der Waals surface area (Å²) >= 11 is 0. The second-order valence-electron chi connectivity index (χ2n) is 5.56. The van der Waals surface area contributed by atoms with Gasteiger partial charge in [-0.3, -0.25) is 4.79 Å². The topological polar surface area (TPSA) is 29.1 Å². The fraction of sp³-hybridized carbons (Fsp3) is 0.0952. The molecule has 0 aliphatic heterocycles. The van der Waals surface area contributed by atoms with E-state index in [4.69, 9.17) is 0 Å². The van der Waals surface area contributed by atoms with E-state index in [9.17, 15) is 4.79 Å². The maximum absolute atomic E-state index is 12.5. The zero-order valence-corrected chi connectivity index (χ0v) is 13.1. The van der Waals surface area contributed by atoms with Gasteiger partial charge in [-0.2, -0.15) is 0 Å². The van der Waals surface area contributed by atoms with Crippen LogP contribution in [0.25, 0.3) is 11.1 Å². The molecule has 0 aromatic heterocycles. The van der Waals surface area contributed by atoms with Crippen LogP contribution in [0, 0.1) is 6.92 Å². The van der Waals surface area contributed by atoms with Crippen molar-refractivity contribution in [1.82, 2.24) is 5.32 Å². The molecule has 114 valence electrons. The van der Waals surface area contributed by atoms with E-state index in [0.717, 1.165) is 27.8 Å². The van der Waals surface area contributed by atoms with Crippen LogP contribution in [0.4, 0.5) is 0 Å². The van der Waals surface area contributed by atoms with Gasteiger partial charge in [-0.15, -0.1) is 0 Å². The first-order chi connectivity index (χ1) is 11.2. The van der Waals surface area contributed by atoms with Crippen LogP contribution in [0.3, 0.4) is 0 Å². The normalized spacial score (nSPS) is 10.3. The number of amides is 1. The number of carbonyl (C=O) groups is 1. The first-order valence-corrected chi connectivity index (χ1v) is 7.72. The molecule has 1 amide bonds. The third kappa shape index (κ3) is 3.67. The van der Waals surface area contributed by atoms with Crippen molar-refractivity contribution in [2.24, 2.45) is 0 Å². The zero-order valence-electron chi connectivity index (χ0n) is 13.1. The van der Waals surface area contributed by atoms with Crippen LogP contribution in [0.5, 0.6) is 0 Å². The molecule has 0 fully saturated rings. The van der Waals surface area contributed by atoms with Gasteiger partial charge in [0.2, 0.25) is 0 Å². The maximum Gasteiger partial charge on any atom is 0.251 e. The lowest BCUT2D eigenvalue weighted by atomic mass is 9.99. The fourth-order valence-electron chi connectivity index (χ4n) is 2.55. The molecule has 0 heterocycles. The van der Waals surface area contributed by atoms with Crippen LogP contribution >= 0.6 is 0 Å². The van der Waals surface area contributed by atoms with Crippen LogP contribution in [0.1, 0.15) is 21.5 Å². The van der Waals surface area contributed by atoms with Gasteiger partial charge < -0.3 is 5.32 Å². The molecule has 3 aromatic carbocycles. The van der Waals surface area contributed by atoms with E-state index >= 15 is 0 Å². The lowest BCUT2D eigenvalue weighted by Crippen LogP contribution is -2.23. The molecule has 2 heteroatoms. The van der Waals surface area contributed by atoms with Crippen LogP contribution in [0.15, 0.2) is 78.9 Å². The van der Waals surface area contributed by atoms with Gasteiger partial charge in [0, 0.05) is 12.1 Å². The predicted octanol–water partition coefficient (Wildman–Crippen LogP) is 4.59. The van der Waals surface area contributed by atoms with Crippen molar-refractivity contribution >= 4 is 5.91 Å². The summed E-state index contributed by atoms with van der Waals surface area (Å²) in [7, 11) is 0. The molecular weight excluding hydrogens is 282 g/mol. The quantitative estimate of drug-likeness (QED) is 0.750.